The number of hydrogen-bond acceptors (Lipinski definition) is 3. The van der Waals surface area contributed by atoms with E-state index in [4.69, 9.17) is 0 Å². The van der Waals surface area contributed by atoms with Crippen molar-refractivity contribution in [3.05, 3.63) is 39.4 Å². The fourth-order valence-corrected chi connectivity index (χ4v) is 0.928. The third-order valence-electron chi connectivity index (χ3n) is 1.63. The maximum absolute atomic E-state index is 12.1. The molecule has 68 valence electrons. The molecule has 0 aromatic heterocycles. The molecule has 1 rings (SSSR count). The van der Waals surface area contributed by atoms with Gasteiger partial charge in [0.2, 0.25) is 0 Å². The van der Waals surface area contributed by atoms with Gasteiger partial charge in [-0.1, -0.05) is 6.07 Å². The molecule has 0 N–H and O–H groups in total. The molecule has 0 atom stereocenters. The van der Waals surface area contributed by atoms with E-state index in [-0.39, 0.29) is 11.3 Å². The first-order valence-corrected chi connectivity index (χ1v) is 3.47. The van der Waals surface area contributed by atoms with Gasteiger partial charge < -0.3 is 0 Å². The molecule has 13 heavy (non-hydrogen) atoms. The summed E-state index contributed by atoms with van der Waals surface area (Å²) in [6.45, 7) is 1.52. The van der Waals surface area contributed by atoms with E-state index in [9.17, 15) is 19.3 Å². The highest BCUT2D eigenvalue weighted by Gasteiger charge is 2.13. The van der Waals surface area contributed by atoms with E-state index < -0.39 is 11.0 Å². The number of hydrogen-bond donors (Lipinski definition) is 0. The Morgan fingerprint density at radius 1 is 1.54 bits per heavy atom. The summed E-state index contributed by atoms with van der Waals surface area (Å²) in [5.41, 5.74) is -0.143. The van der Waals surface area contributed by atoms with E-state index in [0.29, 0.717) is 5.56 Å². The van der Waals surface area contributed by atoms with Gasteiger partial charge in [0.1, 0.15) is 0 Å². The average molecular weight is 183 g/mol. The van der Waals surface area contributed by atoms with E-state index in [1.807, 2.05) is 0 Å². The van der Waals surface area contributed by atoms with Gasteiger partial charge >= 0.3 is 6.04 Å². The van der Waals surface area contributed by atoms with Gasteiger partial charge in [-0.05, 0) is 13.0 Å². The zero-order valence-electron chi connectivity index (χ0n) is 6.78. The highest BCUT2D eigenvalue weighted by atomic mass is 19.1. The standard InChI is InChI=1S/C8H6FNO3/c1-5-2-3-6(8(9)11)4-7(5)10(12)13/h2-4H,1H3. The van der Waals surface area contributed by atoms with Crippen molar-refractivity contribution in [3.8, 4) is 0 Å². The Morgan fingerprint density at radius 3 is 2.62 bits per heavy atom. The first-order valence-electron chi connectivity index (χ1n) is 3.47. The minimum Gasteiger partial charge on any atom is -0.258 e. The normalized spacial score (nSPS) is 9.69. The summed E-state index contributed by atoms with van der Waals surface area (Å²) in [6, 6.07) is 1.82. The molecule has 1 aromatic rings. The zero-order valence-corrected chi connectivity index (χ0v) is 6.78. The molecule has 0 heterocycles. The van der Waals surface area contributed by atoms with Crippen LogP contribution < -0.4 is 0 Å². The molecule has 5 heteroatoms. The van der Waals surface area contributed by atoms with Crippen LogP contribution in [0.15, 0.2) is 18.2 Å². The minimum absolute atomic E-state index is 0.247. The van der Waals surface area contributed by atoms with Gasteiger partial charge in [-0.25, -0.2) is 0 Å². The minimum atomic E-state index is -1.66. The highest BCUT2D eigenvalue weighted by molar-refractivity contribution is 5.89. The van der Waals surface area contributed by atoms with Crippen LogP contribution in [0.5, 0.6) is 0 Å². The number of nitro groups is 1. The lowest BCUT2D eigenvalue weighted by atomic mass is 10.1. The van der Waals surface area contributed by atoms with E-state index >= 15 is 0 Å². The Labute approximate surface area is 73.1 Å². The summed E-state index contributed by atoms with van der Waals surface area (Å²) in [7, 11) is 0. The van der Waals surface area contributed by atoms with Gasteiger partial charge in [-0.3, -0.25) is 14.9 Å². The third kappa shape index (κ3) is 1.87. The van der Waals surface area contributed by atoms with Gasteiger partial charge in [0.05, 0.1) is 10.5 Å². The monoisotopic (exact) mass is 183 g/mol. The predicted molar refractivity (Wildman–Crippen MR) is 43.3 cm³/mol. The molecule has 1 aromatic carbocycles. The van der Waals surface area contributed by atoms with E-state index in [1.54, 1.807) is 0 Å². The lowest BCUT2D eigenvalue weighted by Gasteiger charge is -1.97. The van der Waals surface area contributed by atoms with E-state index in [0.717, 1.165) is 6.07 Å². The summed E-state index contributed by atoms with van der Waals surface area (Å²) in [6.07, 6.45) is 0. The Hall–Kier alpha value is -1.78. The number of benzene rings is 1. The van der Waals surface area contributed by atoms with Gasteiger partial charge in [0.15, 0.2) is 0 Å². The predicted octanol–water partition coefficient (Wildman–Crippen LogP) is 2.01. The fraction of sp³-hybridized carbons (Fsp3) is 0.125. The quantitative estimate of drug-likeness (QED) is 0.400. The van der Waals surface area contributed by atoms with Crippen LogP contribution in [0, 0.1) is 17.0 Å². The first-order chi connectivity index (χ1) is 6.02. The molecule has 0 aliphatic rings. The summed E-state index contributed by atoms with van der Waals surface area (Å²) in [5, 5.41) is 10.4. The van der Waals surface area contributed by atoms with Crippen molar-refractivity contribution in [1.82, 2.24) is 0 Å². The third-order valence-corrected chi connectivity index (χ3v) is 1.63. The Balaban J connectivity index is 3.27. The summed E-state index contributed by atoms with van der Waals surface area (Å²) in [5.74, 6) is 0. The molecule has 0 aliphatic carbocycles. The van der Waals surface area contributed by atoms with E-state index in [2.05, 4.69) is 0 Å². The molecule has 0 spiro atoms. The van der Waals surface area contributed by atoms with Crippen LogP contribution in [0.25, 0.3) is 0 Å². The van der Waals surface area contributed by atoms with Gasteiger partial charge in [-0.2, -0.15) is 4.39 Å². The number of nitro benzene ring substituents is 1. The molecule has 0 saturated heterocycles. The Bertz CT molecular complexity index is 376. The van der Waals surface area contributed by atoms with Crippen LogP contribution in [0.4, 0.5) is 10.1 Å². The number of halogens is 1. The van der Waals surface area contributed by atoms with Crippen LogP contribution in [0.1, 0.15) is 15.9 Å². The zero-order chi connectivity index (χ0) is 10.0. The number of rotatable bonds is 2. The number of aryl methyl sites for hydroxylation is 1. The maximum atomic E-state index is 12.1. The van der Waals surface area contributed by atoms with E-state index in [1.165, 1.54) is 19.1 Å². The van der Waals surface area contributed by atoms with Crippen LogP contribution in [-0.2, 0) is 0 Å². The number of carbonyl (C=O) groups excluding carboxylic acids is 1. The molecule has 0 unspecified atom stereocenters. The second-order valence-electron chi connectivity index (χ2n) is 2.53. The SMILES string of the molecule is Cc1ccc(C(=O)F)cc1[N+](=O)[O-]. The Morgan fingerprint density at radius 2 is 2.15 bits per heavy atom. The fourth-order valence-electron chi connectivity index (χ4n) is 0.928. The lowest BCUT2D eigenvalue weighted by molar-refractivity contribution is -0.385. The van der Waals surface area contributed by atoms with Crippen molar-refractivity contribution in [2.45, 2.75) is 6.92 Å². The average Bonchev–Trinajstić information content (AvgIpc) is 2.04. The second-order valence-corrected chi connectivity index (χ2v) is 2.53. The molecule has 0 fully saturated rings. The molecular formula is C8H6FNO3. The van der Waals surface area contributed by atoms with Gasteiger partial charge in [-0.15, -0.1) is 0 Å². The van der Waals surface area contributed by atoms with Crippen molar-refractivity contribution in [2.24, 2.45) is 0 Å². The molecular weight excluding hydrogens is 177 g/mol. The van der Waals surface area contributed by atoms with Crippen molar-refractivity contribution in [3.63, 3.8) is 0 Å². The van der Waals surface area contributed by atoms with Crippen LogP contribution in [0.3, 0.4) is 0 Å². The van der Waals surface area contributed by atoms with Crippen molar-refractivity contribution >= 4 is 11.7 Å². The first kappa shape index (κ1) is 9.31. The largest absolute Gasteiger partial charge is 0.332 e. The summed E-state index contributed by atoms with van der Waals surface area (Å²) in [4.78, 5) is 20.0. The lowest BCUT2D eigenvalue weighted by Crippen LogP contribution is -1.96. The maximum Gasteiger partial charge on any atom is 0.332 e. The molecule has 4 nitrogen and oxygen atoms in total. The highest BCUT2D eigenvalue weighted by Crippen LogP contribution is 2.19. The van der Waals surface area contributed by atoms with Crippen LogP contribution in [-0.4, -0.2) is 11.0 Å². The summed E-state index contributed by atoms with van der Waals surface area (Å²) < 4.78 is 12.1. The van der Waals surface area contributed by atoms with Crippen LogP contribution >= 0.6 is 0 Å². The van der Waals surface area contributed by atoms with Crippen molar-refractivity contribution in [2.75, 3.05) is 0 Å². The molecule has 0 bridgehead atoms. The Kier molecular flexibility index (Phi) is 2.36. The smallest absolute Gasteiger partial charge is 0.258 e. The van der Waals surface area contributed by atoms with Crippen LogP contribution in [0.2, 0.25) is 0 Å². The molecule has 0 saturated carbocycles. The molecule has 0 aliphatic heterocycles. The second kappa shape index (κ2) is 3.30. The van der Waals surface area contributed by atoms with Gasteiger partial charge in [0, 0.05) is 11.6 Å². The summed E-state index contributed by atoms with van der Waals surface area (Å²) >= 11 is 0. The van der Waals surface area contributed by atoms with Crippen molar-refractivity contribution < 1.29 is 14.1 Å². The number of nitrogens with zero attached hydrogens (tertiary/aromatic N) is 1. The van der Waals surface area contributed by atoms with Gasteiger partial charge in [0.25, 0.3) is 5.69 Å². The molecule has 0 amide bonds. The van der Waals surface area contributed by atoms with Crippen molar-refractivity contribution in [1.29, 1.82) is 0 Å². The topological polar surface area (TPSA) is 60.2 Å². The number of carbonyl (C=O) groups is 1. The molecule has 0 radical (unpaired) electrons.